The fourth-order valence-electron chi connectivity index (χ4n) is 2.00. The summed E-state index contributed by atoms with van der Waals surface area (Å²) >= 11 is 8.70. The number of thiophene rings is 1. The van der Waals surface area contributed by atoms with Gasteiger partial charge in [0.05, 0.1) is 14.5 Å². The van der Waals surface area contributed by atoms with Crippen LogP contribution >= 0.6 is 34.7 Å². The molecular formula is C15H13ClO3S2. The summed E-state index contributed by atoms with van der Waals surface area (Å²) in [6.07, 6.45) is 0. The number of hydrogen-bond acceptors (Lipinski definition) is 5. The second kappa shape index (κ2) is 6.30. The molecule has 2 aromatic rings. The molecule has 0 spiro atoms. The van der Waals surface area contributed by atoms with Crippen LogP contribution in [-0.2, 0) is 0 Å². The zero-order chi connectivity index (χ0) is 14.8. The molecule has 3 rings (SSSR count). The van der Waals surface area contributed by atoms with E-state index in [1.165, 1.54) is 23.1 Å². The smallest absolute Gasteiger partial charge is 0.185 e. The Morgan fingerprint density at radius 1 is 1.24 bits per heavy atom. The lowest BCUT2D eigenvalue weighted by molar-refractivity contribution is 0.0998. The van der Waals surface area contributed by atoms with Crippen molar-refractivity contribution in [3.8, 4) is 11.5 Å². The molecule has 0 bridgehead atoms. The number of thioether (sulfide) groups is 1. The van der Waals surface area contributed by atoms with Crippen LogP contribution in [0.2, 0.25) is 4.34 Å². The van der Waals surface area contributed by atoms with Crippen molar-refractivity contribution in [2.75, 3.05) is 13.2 Å². The fourth-order valence-corrected chi connectivity index (χ4v) is 4.11. The Morgan fingerprint density at radius 3 is 2.71 bits per heavy atom. The average Bonchev–Trinajstić information content (AvgIpc) is 2.93. The first kappa shape index (κ1) is 14.8. The van der Waals surface area contributed by atoms with Gasteiger partial charge in [-0.05, 0) is 37.3 Å². The van der Waals surface area contributed by atoms with Crippen LogP contribution in [0.15, 0.2) is 35.2 Å². The Labute approximate surface area is 136 Å². The molecule has 1 aromatic heterocycles. The van der Waals surface area contributed by atoms with Gasteiger partial charge in [-0.15, -0.1) is 23.1 Å². The van der Waals surface area contributed by atoms with Crippen LogP contribution in [0.5, 0.6) is 11.5 Å². The molecule has 0 radical (unpaired) electrons. The number of ketones is 1. The quantitative estimate of drug-likeness (QED) is 0.605. The van der Waals surface area contributed by atoms with E-state index in [0.29, 0.717) is 22.4 Å². The van der Waals surface area contributed by atoms with Gasteiger partial charge in [0.25, 0.3) is 0 Å². The van der Waals surface area contributed by atoms with Crippen molar-refractivity contribution in [1.82, 2.24) is 0 Å². The van der Waals surface area contributed by atoms with E-state index in [1.54, 1.807) is 12.1 Å². The number of benzene rings is 1. The van der Waals surface area contributed by atoms with Crippen molar-refractivity contribution >= 4 is 40.5 Å². The summed E-state index contributed by atoms with van der Waals surface area (Å²) in [5.41, 5.74) is 0. The molecule has 21 heavy (non-hydrogen) atoms. The third kappa shape index (κ3) is 3.36. The summed E-state index contributed by atoms with van der Waals surface area (Å²) in [5, 5.41) is -0.178. The Bertz CT molecular complexity index is 669. The normalized spacial score (nSPS) is 14.8. The number of carbonyl (C=O) groups excluding carboxylic acids is 1. The number of ether oxygens (including phenoxy) is 2. The molecule has 1 aliphatic heterocycles. The van der Waals surface area contributed by atoms with E-state index < -0.39 is 0 Å². The first-order chi connectivity index (χ1) is 10.1. The van der Waals surface area contributed by atoms with Crippen molar-refractivity contribution in [2.45, 2.75) is 17.1 Å². The third-order valence-electron chi connectivity index (χ3n) is 3.01. The molecule has 3 nitrogen and oxygen atoms in total. The Hall–Kier alpha value is -1.17. The second-order valence-corrected chi connectivity index (χ2v) is 7.66. The molecular weight excluding hydrogens is 328 g/mol. The van der Waals surface area contributed by atoms with E-state index in [4.69, 9.17) is 21.1 Å². The van der Waals surface area contributed by atoms with E-state index in [9.17, 15) is 4.79 Å². The number of rotatable bonds is 4. The van der Waals surface area contributed by atoms with Gasteiger partial charge in [-0.2, -0.15) is 0 Å². The van der Waals surface area contributed by atoms with Crippen LogP contribution in [-0.4, -0.2) is 24.2 Å². The van der Waals surface area contributed by atoms with Gasteiger partial charge in [-0.1, -0.05) is 11.6 Å². The molecule has 1 aliphatic rings. The summed E-state index contributed by atoms with van der Waals surface area (Å²) < 4.78 is 11.7. The van der Waals surface area contributed by atoms with Crippen LogP contribution in [0, 0.1) is 0 Å². The molecule has 0 saturated heterocycles. The Balaban J connectivity index is 1.72. The summed E-state index contributed by atoms with van der Waals surface area (Å²) in [7, 11) is 0. The third-order valence-corrected chi connectivity index (χ3v) is 5.35. The van der Waals surface area contributed by atoms with Gasteiger partial charge in [0.2, 0.25) is 0 Å². The van der Waals surface area contributed by atoms with Gasteiger partial charge in [0.15, 0.2) is 17.3 Å². The van der Waals surface area contributed by atoms with Gasteiger partial charge in [-0.25, -0.2) is 0 Å². The SMILES string of the molecule is CC(Sc1ccc2c(c1)OCCO2)C(=O)c1ccc(Cl)s1. The predicted molar refractivity (Wildman–Crippen MR) is 86.4 cm³/mol. The van der Waals surface area contributed by atoms with Gasteiger partial charge in [-0.3, -0.25) is 4.79 Å². The summed E-state index contributed by atoms with van der Waals surface area (Å²) in [6.45, 7) is 3.04. The summed E-state index contributed by atoms with van der Waals surface area (Å²) in [4.78, 5) is 14.0. The summed E-state index contributed by atoms with van der Waals surface area (Å²) in [5.74, 6) is 1.59. The van der Waals surface area contributed by atoms with Gasteiger partial charge in [0.1, 0.15) is 13.2 Å². The molecule has 6 heteroatoms. The molecule has 0 N–H and O–H groups in total. The van der Waals surface area contributed by atoms with Crippen molar-refractivity contribution in [3.63, 3.8) is 0 Å². The maximum Gasteiger partial charge on any atom is 0.185 e. The van der Waals surface area contributed by atoms with E-state index in [-0.39, 0.29) is 11.0 Å². The number of Topliss-reactive ketones (excluding diaryl/α,β-unsaturated/α-hetero) is 1. The summed E-state index contributed by atoms with van der Waals surface area (Å²) in [6, 6.07) is 9.28. The maximum absolute atomic E-state index is 12.3. The first-order valence-electron chi connectivity index (χ1n) is 6.49. The molecule has 0 saturated carbocycles. The monoisotopic (exact) mass is 340 g/mol. The highest BCUT2D eigenvalue weighted by atomic mass is 35.5. The molecule has 2 heterocycles. The molecule has 0 amide bonds. The number of halogens is 1. The highest BCUT2D eigenvalue weighted by Gasteiger charge is 2.19. The van der Waals surface area contributed by atoms with Crippen LogP contribution < -0.4 is 9.47 Å². The molecule has 0 aliphatic carbocycles. The van der Waals surface area contributed by atoms with Crippen LogP contribution in [0.1, 0.15) is 16.6 Å². The standard InChI is InChI=1S/C15H13ClO3S2/c1-9(15(17)13-4-5-14(16)21-13)20-10-2-3-11-12(8-10)19-7-6-18-11/h2-5,8-9H,6-7H2,1H3. The van der Waals surface area contributed by atoms with Crippen molar-refractivity contribution in [3.05, 3.63) is 39.5 Å². The predicted octanol–water partition coefficient (Wildman–Crippen LogP) is 4.54. The van der Waals surface area contributed by atoms with Crippen molar-refractivity contribution in [1.29, 1.82) is 0 Å². The molecule has 1 atom stereocenters. The molecule has 1 unspecified atom stereocenters. The largest absolute Gasteiger partial charge is 0.486 e. The van der Waals surface area contributed by atoms with Gasteiger partial charge < -0.3 is 9.47 Å². The van der Waals surface area contributed by atoms with Crippen molar-refractivity contribution < 1.29 is 14.3 Å². The lowest BCUT2D eigenvalue weighted by Crippen LogP contribution is -2.15. The highest BCUT2D eigenvalue weighted by Crippen LogP contribution is 2.36. The number of carbonyl (C=O) groups is 1. The average molecular weight is 341 g/mol. The van der Waals surface area contributed by atoms with Gasteiger partial charge in [0, 0.05) is 4.90 Å². The lowest BCUT2D eigenvalue weighted by atomic mass is 10.2. The van der Waals surface area contributed by atoms with Crippen LogP contribution in [0.25, 0.3) is 0 Å². The Morgan fingerprint density at radius 2 is 2.00 bits per heavy atom. The lowest BCUT2D eigenvalue weighted by Gasteiger charge is -2.19. The minimum Gasteiger partial charge on any atom is -0.486 e. The molecule has 1 aromatic carbocycles. The zero-order valence-electron chi connectivity index (χ0n) is 11.3. The molecule has 0 fully saturated rings. The molecule has 110 valence electrons. The highest BCUT2D eigenvalue weighted by molar-refractivity contribution is 8.00. The topological polar surface area (TPSA) is 35.5 Å². The van der Waals surface area contributed by atoms with Gasteiger partial charge >= 0.3 is 0 Å². The first-order valence-corrected chi connectivity index (χ1v) is 8.57. The maximum atomic E-state index is 12.3. The van der Waals surface area contributed by atoms with E-state index in [2.05, 4.69) is 0 Å². The number of fused-ring (bicyclic) bond motifs is 1. The second-order valence-electron chi connectivity index (χ2n) is 4.53. The number of hydrogen-bond donors (Lipinski definition) is 0. The van der Waals surface area contributed by atoms with Crippen LogP contribution in [0.4, 0.5) is 0 Å². The Kier molecular flexibility index (Phi) is 4.42. The minimum atomic E-state index is -0.178. The minimum absolute atomic E-state index is 0.0896. The zero-order valence-corrected chi connectivity index (χ0v) is 13.7. The van der Waals surface area contributed by atoms with E-state index >= 15 is 0 Å². The van der Waals surface area contributed by atoms with Crippen molar-refractivity contribution in [2.24, 2.45) is 0 Å². The van der Waals surface area contributed by atoms with E-state index in [1.807, 2.05) is 25.1 Å². The van der Waals surface area contributed by atoms with Crippen LogP contribution in [0.3, 0.4) is 0 Å². The fraction of sp³-hybridized carbons (Fsp3) is 0.267. The van der Waals surface area contributed by atoms with E-state index in [0.717, 1.165) is 16.4 Å².